The summed E-state index contributed by atoms with van der Waals surface area (Å²) in [7, 11) is 1.72. The topological polar surface area (TPSA) is 154 Å². The highest BCUT2D eigenvalue weighted by Gasteiger charge is 2.44. The van der Waals surface area contributed by atoms with E-state index in [2.05, 4.69) is 30.5 Å². The molecule has 4 atom stereocenters. The zero-order valence-corrected chi connectivity index (χ0v) is 17.5. The average Bonchev–Trinajstić information content (AvgIpc) is 3.52. The van der Waals surface area contributed by atoms with E-state index in [0.29, 0.717) is 28.5 Å². The lowest BCUT2D eigenvalue weighted by Gasteiger charge is -2.17. The third kappa shape index (κ3) is 3.22. The number of aliphatic hydroxyl groups is 3. The maximum absolute atomic E-state index is 10.5. The quantitative estimate of drug-likeness (QED) is 0.305. The molecule has 11 nitrogen and oxygen atoms in total. The molecule has 0 radical (unpaired) electrons. The molecule has 5 N–H and O–H groups in total. The first-order chi connectivity index (χ1) is 15.5. The number of aliphatic hydroxyl groups excluding tert-OH is 3. The van der Waals surface area contributed by atoms with Crippen LogP contribution >= 0.6 is 0 Å². The number of nitrogens with one attached hydrogen (secondary N) is 2. The van der Waals surface area contributed by atoms with E-state index in [-0.39, 0.29) is 0 Å². The van der Waals surface area contributed by atoms with Gasteiger partial charge in [-0.1, -0.05) is 29.8 Å². The van der Waals surface area contributed by atoms with E-state index in [1.807, 2.05) is 31.2 Å². The second-order valence-electron chi connectivity index (χ2n) is 7.71. The Hall–Kier alpha value is -3.38. The highest BCUT2D eigenvalue weighted by atomic mass is 16.6. The van der Waals surface area contributed by atoms with Gasteiger partial charge in [0, 0.05) is 18.8 Å². The fourth-order valence-corrected chi connectivity index (χ4v) is 3.91. The van der Waals surface area contributed by atoms with Gasteiger partial charge in [-0.15, -0.1) is 0 Å². The van der Waals surface area contributed by atoms with Crippen molar-refractivity contribution in [1.29, 1.82) is 0 Å². The van der Waals surface area contributed by atoms with Gasteiger partial charge in [-0.05, 0) is 12.5 Å². The Bertz CT molecular complexity index is 1250. The maximum Gasteiger partial charge on any atom is 0.184 e. The third-order valence-electron chi connectivity index (χ3n) is 5.66. The van der Waals surface area contributed by atoms with Gasteiger partial charge in [0.2, 0.25) is 0 Å². The van der Waals surface area contributed by atoms with Crippen LogP contribution in [0.3, 0.4) is 0 Å². The molecule has 5 rings (SSSR count). The first-order valence-corrected chi connectivity index (χ1v) is 10.2. The van der Waals surface area contributed by atoms with Crippen LogP contribution in [-0.2, 0) is 4.74 Å². The van der Waals surface area contributed by atoms with Gasteiger partial charge in [0.1, 0.15) is 24.0 Å². The first kappa shape index (κ1) is 20.5. The second kappa shape index (κ2) is 7.95. The zero-order valence-electron chi connectivity index (χ0n) is 17.5. The van der Waals surface area contributed by atoms with Crippen molar-refractivity contribution in [3.63, 3.8) is 0 Å². The number of fused-ring (bicyclic) bond motifs is 1. The maximum atomic E-state index is 10.5. The zero-order chi connectivity index (χ0) is 22.4. The van der Waals surface area contributed by atoms with Gasteiger partial charge in [0.15, 0.2) is 29.0 Å². The summed E-state index contributed by atoms with van der Waals surface area (Å²) in [4.78, 5) is 13.6. The fraction of sp³-hybridized carbons (Fsp3) is 0.333. The summed E-state index contributed by atoms with van der Waals surface area (Å²) in [6.07, 6.45) is -1.10. The molecule has 4 aromatic rings. The highest BCUT2D eigenvalue weighted by molar-refractivity contribution is 5.87. The Balaban J connectivity index is 1.63. The molecule has 166 valence electrons. The molecule has 1 aromatic carbocycles. The molecule has 3 aromatic heterocycles. The van der Waals surface area contributed by atoms with Gasteiger partial charge in [-0.25, -0.2) is 15.0 Å². The number of aromatic nitrogens is 6. The molecule has 0 saturated carbocycles. The Morgan fingerprint density at radius 3 is 2.62 bits per heavy atom. The number of aromatic amines is 1. The van der Waals surface area contributed by atoms with Crippen molar-refractivity contribution in [2.24, 2.45) is 0 Å². The summed E-state index contributed by atoms with van der Waals surface area (Å²) < 4.78 is 7.20. The smallest absolute Gasteiger partial charge is 0.184 e. The van der Waals surface area contributed by atoms with Crippen LogP contribution in [0, 0.1) is 6.92 Å². The lowest BCUT2D eigenvalue weighted by molar-refractivity contribution is -0.0511. The van der Waals surface area contributed by atoms with Crippen molar-refractivity contribution >= 4 is 17.0 Å². The molecular weight excluding hydrogens is 414 g/mol. The summed E-state index contributed by atoms with van der Waals surface area (Å²) in [5.41, 5.74) is 4.38. The first-order valence-electron chi connectivity index (χ1n) is 10.2. The van der Waals surface area contributed by atoms with E-state index < -0.39 is 31.1 Å². The Labute approximate surface area is 182 Å². The van der Waals surface area contributed by atoms with Crippen LogP contribution in [0.4, 0.5) is 5.82 Å². The average molecular weight is 437 g/mol. The van der Waals surface area contributed by atoms with E-state index in [4.69, 9.17) is 4.74 Å². The summed E-state index contributed by atoms with van der Waals surface area (Å²) >= 11 is 0. The van der Waals surface area contributed by atoms with E-state index in [9.17, 15) is 15.3 Å². The van der Waals surface area contributed by atoms with E-state index in [1.54, 1.807) is 13.2 Å². The number of aryl methyl sites for hydroxylation is 1. The summed E-state index contributed by atoms with van der Waals surface area (Å²) in [5, 5.41) is 40.3. The molecule has 0 unspecified atom stereocenters. The monoisotopic (exact) mass is 437 g/mol. The van der Waals surface area contributed by atoms with Crippen molar-refractivity contribution < 1.29 is 20.1 Å². The van der Waals surface area contributed by atoms with Gasteiger partial charge >= 0.3 is 0 Å². The number of benzene rings is 1. The molecule has 1 aliphatic heterocycles. The summed E-state index contributed by atoms with van der Waals surface area (Å²) in [6.45, 7) is 1.60. The molecular formula is C21H23N7O4. The summed E-state index contributed by atoms with van der Waals surface area (Å²) in [5.74, 6) is 0.834. The van der Waals surface area contributed by atoms with Gasteiger partial charge in [-0.2, -0.15) is 5.10 Å². The predicted octanol–water partition coefficient (Wildman–Crippen LogP) is 0.845. The van der Waals surface area contributed by atoms with Crippen LogP contribution in [-0.4, -0.2) is 77.0 Å². The molecule has 11 heteroatoms. The third-order valence-corrected chi connectivity index (χ3v) is 5.66. The number of anilines is 1. The molecule has 0 spiro atoms. The highest BCUT2D eigenvalue weighted by Crippen LogP contribution is 2.34. The Morgan fingerprint density at radius 2 is 1.94 bits per heavy atom. The predicted molar refractivity (Wildman–Crippen MR) is 116 cm³/mol. The molecule has 0 bridgehead atoms. The van der Waals surface area contributed by atoms with Crippen LogP contribution in [0.1, 0.15) is 11.8 Å². The molecule has 0 amide bonds. The van der Waals surface area contributed by atoms with Crippen molar-refractivity contribution in [2.45, 2.75) is 31.5 Å². The van der Waals surface area contributed by atoms with Crippen LogP contribution in [0.15, 0.2) is 36.8 Å². The fourth-order valence-electron chi connectivity index (χ4n) is 3.91. The van der Waals surface area contributed by atoms with Gasteiger partial charge in [-0.3, -0.25) is 9.67 Å². The minimum absolute atomic E-state index is 0.354. The van der Waals surface area contributed by atoms with Crippen LogP contribution in [0.2, 0.25) is 0 Å². The molecule has 32 heavy (non-hydrogen) atoms. The van der Waals surface area contributed by atoms with Gasteiger partial charge < -0.3 is 25.4 Å². The molecule has 4 heterocycles. The van der Waals surface area contributed by atoms with Crippen molar-refractivity contribution in [3.8, 4) is 22.6 Å². The van der Waals surface area contributed by atoms with E-state index in [0.717, 1.165) is 16.7 Å². The summed E-state index contributed by atoms with van der Waals surface area (Å²) in [6, 6.07) is 8.05. The minimum atomic E-state index is -1.26. The normalized spacial score (nSPS) is 23.2. The van der Waals surface area contributed by atoms with Crippen LogP contribution in [0.5, 0.6) is 0 Å². The molecule has 1 fully saturated rings. The standard InChI is InChI=1S/C21H23N7O4/c1-10-3-5-11(6-4-10)12-7-24-27-14(12)19-25-18(22-2)15-20(26-19)28(9-23-15)21-17(31)16(30)13(8-29)32-21/h3-7,9,13,16-17,21,29-31H,8H2,1-2H3,(H,24,27)(H,22,25,26)/t13-,16-,17-,21-/m1/s1. The van der Waals surface area contributed by atoms with Crippen molar-refractivity contribution in [3.05, 3.63) is 42.4 Å². The van der Waals surface area contributed by atoms with Crippen LogP contribution in [0.25, 0.3) is 33.8 Å². The Kier molecular flexibility index (Phi) is 5.10. The van der Waals surface area contributed by atoms with Gasteiger partial charge in [0.05, 0.1) is 12.9 Å². The molecule has 1 aliphatic rings. The molecule has 0 aliphatic carbocycles. The number of ether oxygens (including phenoxy) is 1. The number of nitrogens with zero attached hydrogens (tertiary/aromatic N) is 5. The SMILES string of the molecule is CNc1nc(-c2n[nH]cc2-c2ccc(C)cc2)nc2c1ncn2[C@@H]1O[C@H](CO)[C@@H](O)[C@H]1O. The Morgan fingerprint density at radius 1 is 1.16 bits per heavy atom. The number of hydrogen-bond donors (Lipinski definition) is 5. The van der Waals surface area contributed by atoms with E-state index >= 15 is 0 Å². The lowest BCUT2D eigenvalue weighted by atomic mass is 10.0. The lowest BCUT2D eigenvalue weighted by Crippen LogP contribution is -2.33. The van der Waals surface area contributed by atoms with Crippen molar-refractivity contribution in [1.82, 2.24) is 29.7 Å². The van der Waals surface area contributed by atoms with Crippen LogP contribution < -0.4 is 5.32 Å². The number of imidazole rings is 1. The molecule has 1 saturated heterocycles. The number of hydrogen-bond acceptors (Lipinski definition) is 9. The second-order valence-corrected chi connectivity index (χ2v) is 7.71. The van der Waals surface area contributed by atoms with Crippen molar-refractivity contribution in [2.75, 3.05) is 19.0 Å². The number of rotatable bonds is 5. The minimum Gasteiger partial charge on any atom is -0.394 e. The van der Waals surface area contributed by atoms with E-state index in [1.165, 1.54) is 10.9 Å². The van der Waals surface area contributed by atoms with Gasteiger partial charge in [0.25, 0.3) is 0 Å². The largest absolute Gasteiger partial charge is 0.394 e. The number of H-pyrrole nitrogens is 1.